The van der Waals surface area contributed by atoms with Gasteiger partial charge in [0.1, 0.15) is 24.6 Å². The van der Waals surface area contributed by atoms with Crippen LogP contribution >= 0.6 is 0 Å². The lowest BCUT2D eigenvalue weighted by Crippen LogP contribution is -2.36. The van der Waals surface area contributed by atoms with Gasteiger partial charge in [-0.1, -0.05) is 36.4 Å². The molecule has 4 unspecified atom stereocenters. The second-order valence-corrected chi connectivity index (χ2v) is 9.87. The number of fused-ring (bicyclic) bond motifs is 2. The number of imidazole rings is 1. The van der Waals surface area contributed by atoms with Gasteiger partial charge in [-0.3, -0.25) is 14.9 Å². The highest BCUT2D eigenvalue weighted by molar-refractivity contribution is 5.95. The third-order valence-corrected chi connectivity index (χ3v) is 7.07. The summed E-state index contributed by atoms with van der Waals surface area (Å²) in [5, 5.41) is 18.1. The molecular weight excluding hydrogens is 556 g/mol. The molecule has 1 aromatic carbocycles. The first kappa shape index (κ1) is 28.4. The molecule has 2 aliphatic rings. The molecule has 4 aromatic rings. The fraction of sp³-hybridized carbons (Fsp3) is 0.310. The Hall–Kier alpha value is -4.76. The van der Waals surface area contributed by atoms with E-state index >= 15 is 0 Å². The Bertz CT molecular complexity index is 1630. The summed E-state index contributed by atoms with van der Waals surface area (Å²) in [5.74, 6) is -0.781. The summed E-state index contributed by atoms with van der Waals surface area (Å²) in [6.45, 7) is 2.82. The molecule has 14 nitrogen and oxygen atoms in total. The molecule has 0 bridgehead atoms. The maximum Gasteiger partial charge on any atom is 0.337 e. The Morgan fingerprint density at radius 3 is 2.67 bits per heavy atom. The number of hydrogen-bond donors (Lipinski definition) is 4. The zero-order valence-electron chi connectivity index (χ0n) is 23.2. The van der Waals surface area contributed by atoms with Crippen molar-refractivity contribution in [2.75, 3.05) is 18.4 Å². The Kier molecular flexibility index (Phi) is 8.33. The maximum atomic E-state index is 12.1. The number of carboxylic acid groups (broad SMARTS) is 1. The van der Waals surface area contributed by atoms with E-state index in [0.29, 0.717) is 29.9 Å². The van der Waals surface area contributed by atoms with Gasteiger partial charge in [-0.15, -0.1) is 0 Å². The summed E-state index contributed by atoms with van der Waals surface area (Å²) < 4.78 is 20.9. The highest BCUT2D eigenvalue weighted by Crippen LogP contribution is 2.41. The number of urea groups is 1. The minimum Gasteiger partial charge on any atom is -0.478 e. The van der Waals surface area contributed by atoms with E-state index in [0.717, 1.165) is 5.56 Å². The number of amides is 2. The van der Waals surface area contributed by atoms with Gasteiger partial charge in [0.2, 0.25) is 0 Å². The Morgan fingerprint density at radius 1 is 1.02 bits per heavy atom. The van der Waals surface area contributed by atoms with Crippen molar-refractivity contribution in [1.29, 1.82) is 0 Å². The normalized spacial score (nSPS) is 23.0. The third-order valence-electron chi connectivity index (χ3n) is 7.07. The molecule has 2 saturated heterocycles. The second-order valence-electron chi connectivity index (χ2n) is 9.87. The molecule has 0 saturated carbocycles. The van der Waals surface area contributed by atoms with E-state index in [9.17, 15) is 14.7 Å². The molecule has 2 amide bonds. The number of aromatic nitrogens is 5. The molecule has 43 heavy (non-hydrogen) atoms. The lowest BCUT2D eigenvalue weighted by molar-refractivity contribution is -0.124. The summed E-state index contributed by atoms with van der Waals surface area (Å²) >= 11 is 0. The molecule has 222 valence electrons. The second kappa shape index (κ2) is 12.6. The van der Waals surface area contributed by atoms with Gasteiger partial charge in [0.15, 0.2) is 29.5 Å². The largest absolute Gasteiger partial charge is 0.478 e. The molecule has 4 N–H and O–H groups in total. The summed E-state index contributed by atoms with van der Waals surface area (Å²) in [5.41, 5.74) is 2.40. The molecule has 0 aliphatic carbocycles. The number of carboxylic acids is 1. The number of benzene rings is 1. The smallest absolute Gasteiger partial charge is 0.337 e. The molecule has 6 rings (SSSR count). The van der Waals surface area contributed by atoms with Crippen molar-refractivity contribution in [3.8, 4) is 0 Å². The Labute approximate surface area is 246 Å². The molecule has 0 radical (unpaired) electrons. The van der Waals surface area contributed by atoms with Crippen molar-refractivity contribution in [2.45, 2.75) is 44.3 Å². The molecule has 2 aliphatic heterocycles. The van der Waals surface area contributed by atoms with Crippen LogP contribution in [0.2, 0.25) is 0 Å². The van der Waals surface area contributed by atoms with Crippen molar-refractivity contribution >= 4 is 35.1 Å². The van der Waals surface area contributed by atoms with Crippen LogP contribution in [0.3, 0.4) is 0 Å². The number of nitrogens with zero attached hydrogens (tertiary/aromatic N) is 5. The van der Waals surface area contributed by atoms with Crippen molar-refractivity contribution in [3.63, 3.8) is 0 Å². The first-order chi connectivity index (χ1) is 21.0. The zero-order valence-corrected chi connectivity index (χ0v) is 23.2. The van der Waals surface area contributed by atoms with Crippen LogP contribution in [0.25, 0.3) is 17.2 Å². The van der Waals surface area contributed by atoms with Crippen LogP contribution in [-0.2, 0) is 20.8 Å². The lowest BCUT2D eigenvalue weighted by Gasteiger charge is -2.20. The van der Waals surface area contributed by atoms with E-state index in [1.54, 1.807) is 23.2 Å². The van der Waals surface area contributed by atoms with Crippen LogP contribution in [0.5, 0.6) is 0 Å². The molecular formula is C29H30N8O6. The number of carbonyl (C=O) groups is 2. The summed E-state index contributed by atoms with van der Waals surface area (Å²) in [7, 11) is 0. The van der Waals surface area contributed by atoms with Crippen LogP contribution in [0.4, 0.5) is 10.6 Å². The van der Waals surface area contributed by atoms with Gasteiger partial charge in [-0.2, -0.15) is 0 Å². The van der Waals surface area contributed by atoms with Crippen molar-refractivity contribution in [3.05, 3.63) is 84.2 Å². The zero-order chi connectivity index (χ0) is 29.8. The van der Waals surface area contributed by atoms with E-state index in [4.69, 9.17) is 14.2 Å². The number of rotatable bonds is 10. The van der Waals surface area contributed by atoms with E-state index in [1.807, 2.05) is 49.4 Å². The van der Waals surface area contributed by atoms with Gasteiger partial charge in [-0.05, 0) is 30.7 Å². The molecule has 5 atom stereocenters. The van der Waals surface area contributed by atoms with E-state index in [1.165, 1.54) is 12.4 Å². The molecule has 2 fully saturated rings. The van der Waals surface area contributed by atoms with Crippen LogP contribution in [0.15, 0.2) is 67.4 Å². The van der Waals surface area contributed by atoms with Gasteiger partial charge in [0, 0.05) is 25.8 Å². The van der Waals surface area contributed by atoms with Crippen LogP contribution in [0, 0.1) is 0 Å². The fourth-order valence-electron chi connectivity index (χ4n) is 5.14. The minimum atomic E-state index is -1.04. The molecule has 3 aromatic heterocycles. The quantitative estimate of drug-likeness (QED) is 0.215. The highest BCUT2D eigenvalue weighted by Gasteiger charge is 2.53. The van der Waals surface area contributed by atoms with Crippen LogP contribution in [-0.4, -0.2) is 79.3 Å². The monoisotopic (exact) mass is 586 g/mol. The van der Waals surface area contributed by atoms with Gasteiger partial charge in [-0.25, -0.2) is 24.5 Å². The maximum absolute atomic E-state index is 12.1. The summed E-state index contributed by atoms with van der Waals surface area (Å²) in [4.78, 5) is 41.0. The van der Waals surface area contributed by atoms with Crippen molar-refractivity contribution in [2.24, 2.45) is 0 Å². The number of nitrogens with one attached hydrogen (secondary N) is 3. The number of anilines is 1. The summed E-state index contributed by atoms with van der Waals surface area (Å²) in [6.07, 6.45) is 5.53. The van der Waals surface area contributed by atoms with Gasteiger partial charge >= 0.3 is 12.0 Å². The molecule has 14 heteroatoms. The number of aromatic carboxylic acids is 1. The predicted octanol–water partition coefficient (Wildman–Crippen LogP) is 2.57. The van der Waals surface area contributed by atoms with Crippen LogP contribution in [0.1, 0.15) is 34.8 Å². The van der Waals surface area contributed by atoms with Crippen molar-refractivity contribution in [1.82, 2.24) is 35.1 Å². The minimum absolute atomic E-state index is 0.131. The Balaban J connectivity index is 1.24. The number of pyridine rings is 1. The topological polar surface area (TPSA) is 175 Å². The first-order valence-electron chi connectivity index (χ1n) is 13.8. The average Bonchev–Trinajstić information content (AvgIpc) is 3.72. The predicted molar refractivity (Wildman–Crippen MR) is 154 cm³/mol. The van der Waals surface area contributed by atoms with Gasteiger partial charge < -0.3 is 30.0 Å². The molecule has 5 heterocycles. The van der Waals surface area contributed by atoms with Gasteiger partial charge in [0.25, 0.3) is 0 Å². The number of ether oxygens (including phenoxy) is 3. The van der Waals surface area contributed by atoms with Crippen LogP contribution < -0.4 is 16.0 Å². The van der Waals surface area contributed by atoms with Crippen molar-refractivity contribution < 1.29 is 28.9 Å². The van der Waals surface area contributed by atoms with E-state index in [-0.39, 0.29) is 17.9 Å². The van der Waals surface area contributed by atoms with Gasteiger partial charge in [0.05, 0.1) is 17.6 Å². The molecule has 0 spiro atoms. The standard InChI is InChI=1S/C29H30N8O6/c1-2-31-29(40)36-25-22-26(34-15-33-25)37(16-35-22)27-24-23(42-21(43-24)11-10-17-7-4-3-5-8-17)20(41-27)14-30-13-19-18(28(38)39)9-6-12-32-19/h3-12,15-16,20-21,23-24,27,30H,2,13-14H2,1H3,(H,38,39)(H2,31,33,34,36,40)/t20?,21-,23?,24?,27?/m0/s1. The first-order valence-corrected chi connectivity index (χ1v) is 13.8. The Morgan fingerprint density at radius 2 is 1.86 bits per heavy atom. The summed E-state index contributed by atoms with van der Waals surface area (Å²) in [6, 6.07) is 12.5. The highest BCUT2D eigenvalue weighted by atomic mass is 16.8. The van der Waals surface area contributed by atoms with E-state index < -0.39 is 42.8 Å². The van der Waals surface area contributed by atoms with E-state index in [2.05, 4.69) is 35.9 Å². The average molecular weight is 587 g/mol. The fourth-order valence-corrected chi connectivity index (χ4v) is 5.14. The SMILES string of the molecule is CCNC(=O)Nc1ncnc2c1ncn2C1OC(CNCc2ncccc2C(=O)O)C2O[C@H](C=Cc3ccccc3)OC21. The third kappa shape index (κ3) is 6.08. The number of carbonyl (C=O) groups excluding carboxylic acids is 1. The number of hydrogen-bond acceptors (Lipinski definition) is 10. The lowest BCUT2D eigenvalue weighted by atomic mass is 10.1.